The highest BCUT2D eigenvalue weighted by molar-refractivity contribution is 5.80. The van der Waals surface area contributed by atoms with Crippen LogP contribution >= 0.6 is 0 Å². The lowest BCUT2D eigenvalue weighted by molar-refractivity contribution is -0.123. The van der Waals surface area contributed by atoms with E-state index in [9.17, 15) is 9.59 Å². The summed E-state index contributed by atoms with van der Waals surface area (Å²) in [5.41, 5.74) is 1.10. The number of fused-ring (bicyclic) bond motifs is 1. The molecule has 2 aromatic rings. The van der Waals surface area contributed by atoms with Gasteiger partial charge in [-0.05, 0) is 38.3 Å². The molecule has 0 spiro atoms. The number of aliphatic hydroxyl groups excluding tert-OH is 1. The molecular formula is C18H25N3O3. The van der Waals surface area contributed by atoms with Gasteiger partial charge in [-0.25, -0.2) is 4.98 Å². The number of rotatable bonds is 7. The minimum absolute atomic E-state index is 0.0258. The summed E-state index contributed by atoms with van der Waals surface area (Å²) in [5.74, 6) is -0.135. The molecule has 6 heteroatoms. The van der Waals surface area contributed by atoms with Crippen molar-refractivity contribution in [3.8, 4) is 0 Å². The smallest absolute Gasteiger partial charge is 0.261 e. The van der Waals surface area contributed by atoms with Crippen LogP contribution in [0.1, 0.15) is 38.7 Å². The van der Waals surface area contributed by atoms with Gasteiger partial charge in [0.15, 0.2) is 0 Å². The second-order valence-corrected chi connectivity index (χ2v) is 6.40. The average Bonchev–Trinajstić information content (AvgIpc) is 2.55. The molecule has 0 saturated heterocycles. The van der Waals surface area contributed by atoms with Crippen LogP contribution in [0.3, 0.4) is 0 Å². The molecule has 0 aliphatic heterocycles. The molecule has 1 amide bonds. The van der Waals surface area contributed by atoms with Gasteiger partial charge in [0, 0.05) is 25.1 Å². The summed E-state index contributed by atoms with van der Waals surface area (Å²) in [7, 11) is 0. The SMILES string of the molecule is CCC(C)(CCO)NC(=O)CCn1cnc2c(C)cccc2c1=O. The van der Waals surface area contributed by atoms with E-state index in [1.54, 1.807) is 6.07 Å². The first kappa shape index (κ1) is 18.1. The van der Waals surface area contributed by atoms with Crippen molar-refractivity contribution >= 4 is 16.8 Å². The maximum Gasteiger partial charge on any atom is 0.261 e. The third kappa shape index (κ3) is 4.00. The van der Waals surface area contributed by atoms with Gasteiger partial charge in [-0.1, -0.05) is 19.1 Å². The van der Waals surface area contributed by atoms with Crippen LogP contribution in [0.4, 0.5) is 0 Å². The van der Waals surface area contributed by atoms with E-state index in [-0.39, 0.29) is 31.0 Å². The first-order chi connectivity index (χ1) is 11.4. The van der Waals surface area contributed by atoms with Crippen molar-refractivity contribution in [1.82, 2.24) is 14.9 Å². The number of hydrogen-bond acceptors (Lipinski definition) is 4. The van der Waals surface area contributed by atoms with Crippen molar-refractivity contribution < 1.29 is 9.90 Å². The Morgan fingerprint density at radius 1 is 1.42 bits per heavy atom. The topological polar surface area (TPSA) is 84.2 Å². The monoisotopic (exact) mass is 331 g/mol. The second-order valence-electron chi connectivity index (χ2n) is 6.40. The van der Waals surface area contributed by atoms with Crippen molar-refractivity contribution in [2.45, 2.75) is 52.1 Å². The predicted molar refractivity (Wildman–Crippen MR) is 93.9 cm³/mol. The van der Waals surface area contributed by atoms with Gasteiger partial charge in [0.25, 0.3) is 5.56 Å². The molecule has 1 atom stereocenters. The van der Waals surface area contributed by atoms with Gasteiger partial charge in [0.05, 0.1) is 17.2 Å². The van der Waals surface area contributed by atoms with Gasteiger partial charge in [0.2, 0.25) is 5.91 Å². The van der Waals surface area contributed by atoms with Crippen LogP contribution in [0.5, 0.6) is 0 Å². The number of aromatic nitrogens is 2. The number of nitrogens with one attached hydrogen (secondary N) is 1. The summed E-state index contributed by atoms with van der Waals surface area (Å²) in [5, 5.41) is 12.6. The van der Waals surface area contributed by atoms with Crippen molar-refractivity contribution in [3.63, 3.8) is 0 Å². The molecule has 2 N–H and O–H groups in total. The highest BCUT2D eigenvalue weighted by Gasteiger charge is 2.23. The summed E-state index contributed by atoms with van der Waals surface area (Å²) in [4.78, 5) is 29.0. The standard InChI is InChI=1S/C18H25N3O3/c1-4-18(3,9-11-22)20-15(23)8-10-21-12-19-16-13(2)6-5-7-14(16)17(21)24/h5-7,12,22H,4,8-11H2,1-3H3,(H,20,23). The Balaban J connectivity index is 2.10. The van der Waals surface area contributed by atoms with Crippen LogP contribution in [-0.2, 0) is 11.3 Å². The predicted octanol–water partition coefficient (Wildman–Crippen LogP) is 1.76. The molecule has 0 saturated carbocycles. The Hall–Kier alpha value is -2.21. The summed E-state index contributed by atoms with van der Waals surface area (Å²) in [6, 6.07) is 5.50. The Labute approximate surface area is 141 Å². The zero-order chi connectivity index (χ0) is 17.7. The van der Waals surface area contributed by atoms with E-state index >= 15 is 0 Å². The molecule has 6 nitrogen and oxygen atoms in total. The first-order valence-corrected chi connectivity index (χ1v) is 8.27. The van der Waals surface area contributed by atoms with Crippen molar-refractivity contribution in [2.24, 2.45) is 0 Å². The van der Waals surface area contributed by atoms with E-state index in [1.807, 2.05) is 32.9 Å². The van der Waals surface area contributed by atoms with Gasteiger partial charge in [0.1, 0.15) is 0 Å². The highest BCUT2D eigenvalue weighted by Crippen LogP contribution is 2.14. The molecule has 1 aromatic heterocycles. The zero-order valence-electron chi connectivity index (χ0n) is 14.5. The number of hydrogen-bond donors (Lipinski definition) is 2. The molecule has 2 rings (SSSR count). The van der Waals surface area contributed by atoms with Gasteiger partial charge in [-0.3, -0.25) is 14.2 Å². The summed E-state index contributed by atoms with van der Waals surface area (Å²) in [6.45, 7) is 6.10. The maximum absolute atomic E-state index is 12.5. The summed E-state index contributed by atoms with van der Waals surface area (Å²) >= 11 is 0. The molecule has 0 radical (unpaired) electrons. The minimum Gasteiger partial charge on any atom is -0.396 e. The van der Waals surface area contributed by atoms with Crippen LogP contribution in [0.2, 0.25) is 0 Å². The van der Waals surface area contributed by atoms with E-state index in [1.165, 1.54) is 10.9 Å². The molecular weight excluding hydrogens is 306 g/mol. The Kier molecular flexibility index (Phi) is 5.72. The van der Waals surface area contributed by atoms with Gasteiger partial charge < -0.3 is 10.4 Å². The molecule has 0 aliphatic carbocycles. The normalized spacial score (nSPS) is 13.7. The lowest BCUT2D eigenvalue weighted by atomic mass is 9.95. The van der Waals surface area contributed by atoms with Gasteiger partial charge in [-0.2, -0.15) is 0 Å². The van der Waals surface area contributed by atoms with E-state index in [0.29, 0.717) is 17.3 Å². The molecule has 0 fully saturated rings. The van der Waals surface area contributed by atoms with E-state index < -0.39 is 5.54 Å². The number of carbonyl (C=O) groups excluding carboxylic acids is 1. The van der Waals surface area contributed by atoms with Crippen LogP contribution in [0.25, 0.3) is 10.9 Å². The number of aryl methyl sites for hydroxylation is 2. The molecule has 130 valence electrons. The summed E-state index contributed by atoms with van der Waals surface area (Å²) < 4.78 is 1.47. The molecule has 1 heterocycles. The number of para-hydroxylation sites is 1. The number of nitrogens with zero attached hydrogens (tertiary/aromatic N) is 2. The van der Waals surface area contributed by atoms with Crippen molar-refractivity contribution in [1.29, 1.82) is 0 Å². The van der Waals surface area contributed by atoms with E-state index in [0.717, 1.165) is 12.0 Å². The van der Waals surface area contributed by atoms with Crippen molar-refractivity contribution in [2.75, 3.05) is 6.61 Å². The number of aliphatic hydroxyl groups is 1. The van der Waals surface area contributed by atoms with Crippen LogP contribution < -0.4 is 10.9 Å². The first-order valence-electron chi connectivity index (χ1n) is 8.27. The quantitative estimate of drug-likeness (QED) is 0.810. The minimum atomic E-state index is -0.421. The van der Waals surface area contributed by atoms with E-state index in [2.05, 4.69) is 10.3 Å². The van der Waals surface area contributed by atoms with E-state index in [4.69, 9.17) is 5.11 Å². The molecule has 0 bridgehead atoms. The third-order valence-electron chi connectivity index (χ3n) is 4.52. The fraction of sp³-hybridized carbons (Fsp3) is 0.500. The Morgan fingerprint density at radius 2 is 2.17 bits per heavy atom. The lowest BCUT2D eigenvalue weighted by Gasteiger charge is -2.29. The highest BCUT2D eigenvalue weighted by atomic mass is 16.3. The maximum atomic E-state index is 12.5. The summed E-state index contributed by atoms with van der Waals surface area (Å²) in [6.07, 6.45) is 2.93. The second kappa shape index (κ2) is 7.57. The fourth-order valence-corrected chi connectivity index (χ4v) is 2.69. The Morgan fingerprint density at radius 3 is 2.83 bits per heavy atom. The molecule has 24 heavy (non-hydrogen) atoms. The Bertz CT molecular complexity index is 785. The van der Waals surface area contributed by atoms with Gasteiger partial charge >= 0.3 is 0 Å². The number of amides is 1. The fourth-order valence-electron chi connectivity index (χ4n) is 2.69. The molecule has 0 aliphatic rings. The van der Waals surface area contributed by atoms with Crippen LogP contribution in [-0.4, -0.2) is 32.7 Å². The van der Waals surface area contributed by atoms with Crippen LogP contribution in [0.15, 0.2) is 29.3 Å². The van der Waals surface area contributed by atoms with Gasteiger partial charge in [-0.15, -0.1) is 0 Å². The third-order valence-corrected chi connectivity index (χ3v) is 4.52. The molecule has 1 aromatic carbocycles. The number of carbonyl (C=O) groups is 1. The largest absolute Gasteiger partial charge is 0.396 e. The van der Waals surface area contributed by atoms with Crippen molar-refractivity contribution in [3.05, 3.63) is 40.4 Å². The average molecular weight is 331 g/mol. The van der Waals surface area contributed by atoms with Crippen LogP contribution in [0, 0.1) is 6.92 Å². The number of benzene rings is 1. The lowest BCUT2D eigenvalue weighted by Crippen LogP contribution is -2.46. The zero-order valence-corrected chi connectivity index (χ0v) is 14.5. The molecule has 1 unspecified atom stereocenters.